The summed E-state index contributed by atoms with van der Waals surface area (Å²) < 4.78 is 3.90. The van der Waals surface area contributed by atoms with Gasteiger partial charge >= 0.3 is 0 Å². The van der Waals surface area contributed by atoms with Gasteiger partial charge in [0.2, 0.25) is 0 Å². The van der Waals surface area contributed by atoms with Gasteiger partial charge in [-0.15, -0.1) is 16.7 Å². The number of nitrogens with one attached hydrogen (secondary N) is 1. The Balaban J connectivity index is 1.89. The molecule has 1 aliphatic carbocycles. The molecular weight excluding hydrogens is 294 g/mol. The minimum Gasteiger partial charge on any atom is -0.351 e. The Morgan fingerprint density at radius 2 is 2.15 bits per heavy atom. The van der Waals surface area contributed by atoms with Crippen molar-refractivity contribution in [1.29, 1.82) is 0 Å². The number of amides is 1. The van der Waals surface area contributed by atoms with Crippen LogP contribution in [0.4, 0.5) is 0 Å². The smallest absolute Gasteiger partial charge is 0.264 e. The minimum absolute atomic E-state index is 0.0256. The molecule has 2 rings (SSSR count). The topological polar surface area (TPSA) is 54.9 Å². The Morgan fingerprint density at radius 1 is 1.40 bits per heavy atom. The first-order valence-corrected chi connectivity index (χ1v) is 8.72. The lowest BCUT2D eigenvalue weighted by atomic mass is 9.80. The average Bonchev–Trinajstić information content (AvgIpc) is 2.94. The molecule has 0 radical (unpaired) electrons. The van der Waals surface area contributed by atoms with Crippen LogP contribution in [-0.2, 0) is 6.42 Å². The highest BCUT2D eigenvalue weighted by molar-refractivity contribution is 7.08. The molecule has 1 saturated carbocycles. The quantitative estimate of drug-likeness (QED) is 0.820. The number of aromatic nitrogens is 2. The monoisotopic (exact) mass is 315 g/mol. The Hall–Kier alpha value is -0.680. The van der Waals surface area contributed by atoms with Crippen molar-refractivity contribution in [3.63, 3.8) is 0 Å². The molecule has 6 heteroatoms. The van der Waals surface area contributed by atoms with Crippen LogP contribution < -0.4 is 5.32 Å². The molecule has 1 amide bonds. The van der Waals surface area contributed by atoms with Gasteiger partial charge in [-0.1, -0.05) is 30.7 Å². The molecule has 1 aliphatic rings. The number of halogens is 1. The second-order valence-corrected chi connectivity index (χ2v) is 6.53. The fourth-order valence-corrected chi connectivity index (χ4v) is 3.87. The van der Waals surface area contributed by atoms with Crippen molar-refractivity contribution >= 4 is 29.0 Å². The molecule has 4 nitrogen and oxygen atoms in total. The number of aryl methyl sites for hydroxylation is 1. The van der Waals surface area contributed by atoms with E-state index in [0.29, 0.717) is 22.6 Å². The molecule has 1 fully saturated rings. The third-order valence-corrected chi connectivity index (χ3v) is 5.20. The van der Waals surface area contributed by atoms with Crippen LogP contribution in [-0.4, -0.2) is 27.9 Å². The van der Waals surface area contributed by atoms with Gasteiger partial charge in [-0.25, -0.2) is 0 Å². The lowest BCUT2D eigenvalue weighted by Crippen LogP contribution is -2.34. The zero-order chi connectivity index (χ0) is 14.4. The van der Waals surface area contributed by atoms with E-state index >= 15 is 0 Å². The molecule has 0 aromatic carbocycles. The summed E-state index contributed by atoms with van der Waals surface area (Å²) in [7, 11) is 0. The Kier molecular flexibility index (Phi) is 6.23. The third-order valence-electron chi connectivity index (χ3n) is 4.04. The van der Waals surface area contributed by atoms with Crippen molar-refractivity contribution in [2.45, 2.75) is 45.4 Å². The first kappa shape index (κ1) is 15.7. The zero-order valence-corrected chi connectivity index (χ0v) is 13.5. The predicted molar refractivity (Wildman–Crippen MR) is 82.4 cm³/mol. The fourth-order valence-electron chi connectivity index (χ4n) is 2.84. The van der Waals surface area contributed by atoms with E-state index in [0.717, 1.165) is 25.1 Å². The second-order valence-electron chi connectivity index (χ2n) is 5.47. The first-order chi connectivity index (χ1) is 9.76. The maximum Gasteiger partial charge on any atom is 0.264 e. The largest absolute Gasteiger partial charge is 0.351 e. The molecule has 2 unspecified atom stereocenters. The molecule has 112 valence electrons. The van der Waals surface area contributed by atoms with E-state index in [1.54, 1.807) is 0 Å². The number of carbonyl (C=O) groups is 1. The standard InChI is InChI=1S/C14H22ClN3OS/c1-2-5-12-13(20-18-17-12)14(19)16-9-11-7-4-3-6-10(11)8-15/h10-11H,2-9H2,1H3,(H,16,19). The molecule has 1 aromatic rings. The van der Waals surface area contributed by atoms with E-state index < -0.39 is 0 Å². The van der Waals surface area contributed by atoms with Crippen molar-refractivity contribution in [3.05, 3.63) is 10.6 Å². The molecule has 0 saturated heterocycles. The molecule has 2 atom stereocenters. The summed E-state index contributed by atoms with van der Waals surface area (Å²) in [6, 6.07) is 0. The number of hydrogen-bond donors (Lipinski definition) is 1. The molecule has 1 heterocycles. The lowest BCUT2D eigenvalue weighted by Gasteiger charge is -2.30. The van der Waals surface area contributed by atoms with Gasteiger partial charge in [0.1, 0.15) is 4.88 Å². The number of carbonyl (C=O) groups excluding carboxylic acids is 1. The second kappa shape index (κ2) is 7.93. The Labute approximate surface area is 129 Å². The molecular formula is C14H22ClN3OS. The predicted octanol–water partition coefficient (Wildman–Crippen LogP) is 3.27. The van der Waals surface area contributed by atoms with Crippen LogP contribution in [0.15, 0.2) is 0 Å². The number of hydrogen-bond acceptors (Lipinski definition) is 4. The van der Waals surface area contributed by atoms with Crippen molar-refractivity contribution in [2.24, 2.45) is 11.8 Å². The summed E-state index contributed by atoms with van der Waals surface area (Å²) in [5.74, 6) is 1.73. The average molecular weight is 316 g/mol. The summed E-state index contributed by atoms with van der Waals surface area (Å²) in [6.07, 6.45) is 6.65. The van der Waals surface area contributed by atoms with Crippen LogP contribution in [0, 0.1) is 11.8 Å². The van der Waals surface area contributed by atoms with Gasteiger partial charge < -0.3 is 5.32 Å². The highest BCUT2D eigenvalue weighted by Gasteiger charge is 2.25. The van der Waals surface area contributed by atoms with E-state index in [9.17, 15) is 4.79 Å². The molecule has 0 aliphatic heterocycles. The molecule has 0 bridgehead atoms. The van der Waals surface area contributed by atoms with Gasteiger partial charge in [-0.2, -0.15) is 0 Å². The van der Waals surface area contributed by atoms with E-state index in [1.165, 1.54) is 37.2 Å². The van der Waals surface area contributed by atoms with Crippen LogP contribution in [0.2, 0.25) is 0 Å². The van der Waals surface area contributed by atoms with Gasteiger partial charge in [0.15, 0.2) is 0 Å². The van der Waals surface area contributed by atoms with Gasteiger partial charge in [-0.3, -0.25) is 4.79 Å². The molecule has 20 heavy (non-hydrogen) atoms. The highest BCUT2D eigenvalue weighted by atomic mass is 35.5. The van der Waals surface area contributed by atoms with Gasteiger partial charge in [0, 0.05) is 12.4 Å². The number of rotatable bonds is 6. The van der Waals surface area contributed by atoms with Gasteiger partial charge in [-0.05, 0) is 42.6 Å². The number of alkyl halides is 1. The fraction of sp³-hybridized carbons (Fsp3) is 0.786. The van der Waals surface area contributed by atoms with Gasteiger partial charge in [0.25, 0.3) is 5.91 Å². The first-order valence-electron chi connectivity index (χ1n) is 7.41. The van der Waals surface area contributed by atoms with Crippen LogP contribution >= 0.6 is 23.1 Å². The van der Waals surface area contributed by atoms with Crippen LogP contribution in [0.25, 0.3) is 0 Å². The van der Waals surface area contributed by atoms with Gasteiger partial charge in [0.05, 0.1) is 5.69 Å². The van der Waals surface area contributed by atoms with Crippen molar-refractivity contribution in [2.75, 3.05) is 12.4 Å². The van der Waals surface area contributed by atoms with Crippen LogP contribution in [0.1, 0.15) is 54.4 Å². The van der Waals surface area contributed by atoms with Crippen molar-refractivity contribution in [1.82, 2.24) is 14.9 Å². The summed E-state index contributed by atoms with van der Waals surface area (Å²) in [5, 5.41) is 7.09. The maximum atomic E-state index is 12.2. The molecule has 1 aromatic heterocycles. The Bertz CT molecular complexity index is 438. The molecule has 1 N–H and O–H groups in total. The minimum atomic E-state index is -0.0256. The summed E-state index contributed by atoms with van der Waals surface area (Å²) in [6.45, 7) is 2.80. The van der Waals surface area contributed by atoms with E-state index in [-0.39, 0.29) is 5.91 Å². The Morgan fingerprint density at radius 3 is 2.85 bits per heavy atom. The zero-order valence-electron chi connectivity index (χ0n) is 11.9. The summed E-state index contributed by atoms with van der Waals surface area (Å²) in [5.41, 5.74) is 0.826. The molecule has 0 spiro atoms. The van der Waals surface area contributed by atoms with Crippen molar-refractivity contribution < 1.29 is 4.79 Å². The third kappa shape index (κ3) is 3.92. The van der Waals surface area contributed by atoms with Crippen LogP contribution in [0.5, 0.6) is 0 Å². The SMILES string of the molecule is CCCc1nnsc1C(=O)NCC1CCCCC1CCl. The van der Waals surface area contributed by atoms with E-state index in [4.69, 9.17) is 11.6 Å². The summed E-state index contributed by atoms with van der Waals surface area (Å²) in [4.78, 5) is 12.9. The van der Waals surface area contributed by atoms with Crippen LogP contribution in [0.3, 0.4) is 0 Å². The maximum absolute atomic E-state index is 12.2. The normalized spacial score (nSPS) is 22.7. The summed E-state index contributed by atoms with van der Waals surface area (Å²) >= 11 is 7.22. The van der Waals surface area contributed by atoms with E-state index in [1.807, 2.05) is 0 Å². The lowest BCUT2D eigenvalue weighted by molar-refractivity contribution is 0.0939. The van der Waals surface area contributed by atoms with E-state index in [2.05, 4.69) is 21.8 Å². The van der Waals surface area contributed by atoms with Crippen molar-refractivity contribution in [3.8, 4) is 0 Å². The number of nitrogens with zero attached hydrogens (tertiary/aromatic N) is 2. The highest BCUT2D eigenvalue weighted by Crippen LogP contribution is 2.30.